The number of hydrogen-bond donors (Lipinski definition) is 3. The summed E-state index contributed by atoms with van der Waals surface area (Å²) in [5.74, 6) is -5.21. The minimum Gasteiger partial charge on any atom is -0.467 e. The van der Waals surface area contributed by atoms with Gasteiger partial charge in [-0.1, -0.05) is 11.6 Å². The number of nitrogens with two attached hydrogens (primary N) is 1. The van der Waals surface area contributed by atoms with Crippen molar-refractivity contribution in [2.75, 3.05) is 25.3 Å². The molecular weight excluding hydrogens is 696 g/mol. The maximum absolute atomic E-state index is 13.8. The Bertz CT molecular complexity index is 1760. The number of amides is 1. The van der Waals surface area contributed by atoms with Crippen molar-refractivity contribution in [3.8, 4) is 0 Å². The zero-order valence-corrected chi connectivity index (χ0v) is 27.9. The molecule has 0 bridgehead atoms. The molecule has 4 N–H and O–H groups in total. The van der Waals surface area contributed by atoms with Crippen LogP contribution >= 0.6 is 11.6 Å². The lowest BCUT2D eigenvalue weighted by molar-refractivity contribution is -0.280. The Morgan fingerprint density at radius 3 is 2.47 bits per heavy atom. The highest BCUT2D eigenvalue weighted by Crippen LogP contribution is 2.36. The largest absolute Gasteiger partial charge is 0.467 e. The number of rotatable bonds is 13. The molecule has 3 atom stereocenters. The number of nitrogens with one attached hydrogen (secondary N) is 1. The summed E-state index contributed by atoms with van der Waals surface area (Å²) >= 11 is 6.09. The summed E-state index contributed by atoms with van der Waals surface area (Å²) in [6, 6.07) is 6.24. The highest BCUT2D eigenvalue weighted by atomic mass is 35.5. The minimum absolute atomic E-state index is 0.128. The third-order valence-corrected chi connectivity index (χ3v) is 8.91. The van der Waals surface area contributed by atoms with E-state index in [1.54, 1.807) is 19.1 Å². The number of hydrogen-bond acceptors (Lipinski definition) is 12. The van der Waals surface area contributed by atoms with Gasteiger partial charge in [0.2, 0.25) is 22.6 Å². The summed E-state index contributed by atoms with van der Waals surface area (Å²) in [6.45, 7) is 2.07. The second kappa shape index (κ2) is 15.9. The van der Waals surface area contributed by atoms with Crippen molar-refractivity contribution in [1.29, 1.82) is 0 Å². The van der Waals surface area contributed by atoms with Crippen LogP contribution in [0.25, 0.3) is 0 Å². The molecular formula is C31H34ClF2N3O11S. The van der Waals surface area contributed by atoms with Crippen LogP contribution in [0.5, 0.6) is 0 Å². The number of anilines is 1. The van der Waals surface area contributed by atoms with Gasteiger partial charge in [-0.25, -0.2) is 31.9 Å². The number of sulfonamides is 1. The zero-order chi connectivity index (χ0) is 35.9. The Balaban J connectivity index is 1.23. The van der Waals surface area contributed by atoms with Gasteiger partial charge in [-0.2, -0.15) is 0 Å². The molecule has 266 valence electrons. The highest BCUT2D eigenvalue weighted by molar-refractivity contribution is 7.89. The number of carbonyl (C=O) groups is 3. The second-order valence-corrected chi connectivity index (χ2v) is 13.0. The van der Waals surface area contributed by atoms with Gasteiger partial charge in [0.25, 0.3) is 0 Å². The second-order valence-electron chi connectivity index (χ2n) is 11.0. The molecule has 2 aromatic carbocycles. The SMILES string of the molecule is C[C@@H]1CO[C@@](O)(c2cc(F)cc(F)c2)[C@H](C)N1C(=O)OCOC(=O)CCCCOC(=O)c1cc(S(N)(=O)=O)c(Cl)cc1NCc1ccco1. The first-order chi connectivity index (χ1) is 23.1. The number of esters is 2. The van der Waals surface area contributed by atoms with Crippen molar-refractivity contribution in [3.63, 3.8) is 0 Å². The molecule has 1 aromatic heterocycles. The first-order valence-electron chi connectivity index (χ1n) is 14.8. The number of ether oxygens (including phenoxy) is 4. The van der Waals surface area contributed by atoms with Crippen LogP contribution in [0.4, 0.5) is 19.3 Å². The molecule has 3 aromatic rings. The summed E-state index contributed by atoms with van der Waals surface area (Å²) < 4.78 is 77.6. The number of furan rings is 1. The predicted molar refractivity (Wildman–Crippen MR) is 167 cm³/mol. The Labute approximate surface area is 285 Å². The molecule has 0 radical (unpaired) electrons. The lowest BCUT2D eigenvalue weighted by atomic mass is 9.94. The number of morpholine rings is 1. The smallest absolute Gasteiger partial charge is 0.413 e. The van der Waals surface area contributed by atoms with E-state index >= 15 is 0 Å². The van der Waals surface area contributed by atoms with E-state index in [-0.39, 0.29) is 60.9 Å². The molecule has 18 heteroatoms. The van der Waals surface area contributed by atoms with Crippen LogP contribution in [-0.2, 0) is 46.1 Å². The number of aliphatic hydroxyl groups is 1. The van der Waals surface area contributed by atoms with Gasteiger partial charge >= 0.3 is 18.0 Å². The minimum atomic E-state index is -4.26. The maximum atomic E-state index is 13.8. The Morgan fingerprint density at radius 2 is 1.82 bits per heavy atom. The third kappa shape index (κ3) is 9.45. The van der Waals surface area contributed by atoms with Crippen LogP contribution in [0.2, 0.25) is 5.02 Å². The van der Waals surface area contributed by atoms with Crippen molar-refractivity contribution < 1.29 is 60.1 Å². The third-order valence-electron chi connectivity index (χ3n) is 7.53. The lowest BCUT2D eigenvalue weighted by Gasteiger charge is -2.47. The average molecular weight is 730 g/mol. The lowest BCUT2D eigenvalue weighted by Crippen LogP contribution is -2.62. The molecule has 14 nitrogen and oxygen atoms in total. The highest BCUT2D eigenvalue weighted by Gasteiger charge is 2.49. The van der Waals surface area contributed by atoms with Gasteiger partial charge in [-0.3, -0.25) is 9.69 Å². The first kappa shape index (κ1) is 37.5. The topological polar surface area (TPSA) is 197 Å². The van der Waals surface area contributed by atoms with Crippen LogP contribution in [0.1, 0.15) is 54.8 Å². The summed E-state index contributed by atoms with van der Waals surface area (Å²) in [7, 11) is -4.26. The quantitative estimate of drug-likeness (QED) is 0.128. The van der Waals surface area contributed by atoms with Crippen molar-refractivity contribution in [2.24, 2.45) is 5.14 Å². The number of benzene rings is 2. The number of halogens is 3. The first-order valence-corrected chi connectivity index (χ1v) is 16.8. The maximum Gasteiger partial charge on any atom is 0.413 e. The van der Waals surface area contributed by atoms with Gasteiger partial charge in [-0.05, 0) is 63.1 Å². The fraction of sp³-hybridized carbons (Fsp3) is 0.387. The van der Waals surface area contributed by atoms with Gasteiger partial charge in [0.05, 0.1) is 54.4 Å². The van der Waals surface area contributed by atoms with Crippen LogP contribution < -0.4 is 10.5 Å². The Hall–Kier alpha value is -4.29. The molecule has 0 spiro atoms. The molecule has 1 aliphatic rings. The number of carbonyl (C=O) groups excluding carboxylic acids is 3. The fourth-order valence-corrected chi connectivity index (χ4v) is 6.13. The van der Waals surface area contributed by atoms with Gasteiger partial charge in [0.15, 0.2) is 0 Å². The van der Waals surface area contributed by atoms with Crippen LogP contribution in [0.3, 0.4) is 0 Å². The number of nitrogens with zero attached hydrogens (tertiary/aromatic N) is 1. The normalized spacial score (nSPS) is 19.3. The standard InChI is InChI=1S/C31H34ClF2N3O11S/c1-18-16-48-31(41,20-10-21(33)12-22(34)11-20)19(2)37(18)30(40)47-17-46-28(38)7-3-4-8-45-29(39)24-13-27(49(35,42)43)25(32)14-26(24)36-15-23-6-5-9-44-23/h5-6,9-14,18-19,36,41H,3-4,7-8,15-17H2,1-2H3,(H2,35,42,43)/t18-,19+,31-/m1/s1. The molecule has 0 aliphatic carbocycles. The average Bonchev–Trinajstić information content (AvgIpc) is 3.54. The van der Waals surface area contributed by atoms with E-state index in [0.29, 0.717) is 11.8 Å². The number of unbranched alkanes of at least 4 members (excludes halogenated alkanes) is 1. The molecule has 1 aliphatic heterocycles. The molecule has 1 amide bonds. The summed E-state index contributed by atoms with van der Waals surface area (Å²) in [6.07, 6.45) is 0.788. The van der Waals surface area contributed by atoms with Crippen molar-refractivity contribution >= 4 is 45.3 Å². The van der Waals surface area contributed by atoms with Crippen molar-refractivity contribution in [3.05, 3.63) is 82.3 Å². The predicted octanol–water partition coefficient (Wildman–Crippen LogP) is 4.39. The van der Waals surface area contributed by atoms with E-state index in [4.69, 9.17) is 40.1 Å². The van der Waals surface area contributed by atoms with E-state index in [2.05, 4.69) is 5.32 Å². The van der Waals surface area contributed by atoms with Crippen LogP contribution in [0, 0.1) is 11.6 Å². The summed E-state index contributed by atoms with van der Waals surface area (Å²) in [4.78, 5) is 38.6. The molecule has 49 heavy (non-hydrogen) atoms. The van der Waals surface area contributed by atoms with Gasteiger partial charge in [-0.15, -0.1) is 0 Å². The Morgan fingerprint density at radius 1 is 1.10 bits per heavy atom. The molecule has 1 saturated heterocycles. The van der Waals surface area contributed by atoms with Gasteiger partial charge in [0, 0.05) is 18.1 Å². The summed E-state index contributed by atoms with van der Waals surface area (Å²) in [5, 5.41) is 19.1. The summed E-state index contributed by atoms with van der Waals surface area (Å²) in [5.41, 5.74) is -0.208. The number of primary sulfonamides is 1. The molecule has 0 unspecified atom stereocenters. The zero-order valence-electron chi connectivity index (χ0n) is 26.3. The van der Waals surface area contributed by atoms with Crippen molar-refractivity contribution in [2.45, 2.75) is 62.4 Å². The van der Waals surface area contributed by atoms with Gasteiger partial charge in [0.1, 0.15) is 22.3 Å². The van der Waals surface area contributed by atoms with Crippen molar-refractivity contribution in [1.82, 2.24) is 4.90 Å². The molecule has 1 fully saturated rings. The Kier molecular flexibility index (Phi) is 12.2. The monoisotopic (exact) mass is 729 g/mol. The van der Waals surface area contributed by atoms with E-state index in [9.17, 15) is 36.7 Å². The van der Waals surface area contributed by atoms with Crippen LogP contribution in [-0.4, -0.2) is 68.5 Å². The van der Waals surface area contributed by atoms with E-state index in [1.165, 1.54) is 19.3 Å². The molecule has 2 heterocycles. The van der Waals surface area contributed by atoms with E-state index < -0.39 is 69.2 Å². The van der Waals surface area contributed by atoms with Crippen LogP contribution in [0.15, 0.2) is 58.0 Å². The molecule has 4 rings (SSSR count). The van der Waals surface area contributed by atoms with E-state index in [1.807, 2.05) is 0 Å². The fourth-order valence-electron chi connectivity index (χ4n) is 5.03. The van der Waals surface area contributed by atoms with E-state index in [0.717, 1.165) is 23.1 Å². The molecule has 0 saturated carbocycles. The van der Waals surface area contributed by atoms with Gasteiger partial charge < -0.3 is 33.8 Å².